The molecule has 2 heterocycles. The van der Waals surface area contributed by atoms with Crippen LogP contribution < -0.4 is 10.6 Å². The van der Waals surface area contributed by atoms with E-state index >= 15 is 0 Å². The van der Waals surface area contributed by atoms with Gasteiger partial charge in [-0.2, -0.15) is 4.98 Å². The normalized spacial score (nSPS) is 24.8. The zero-order chi connectivity index (χ0) is 20.1. The summed E-state index contributed by atoms with van der Waals surface area (Å²) in [4.78, 5) is 25.5. The van der Waals surface area contributed by atoms with Gasteiger partial charge in [0.25, 0.3) is 0 Å². The number of hydrogen-bond acceptors (Lipinski definition) is 6. The molecule has 2 atom stereocenters. The van der Waals surface area contributed by atoms with E-state index in [0.29, 0.717) is 11.9 Å². The minimum absolute atomic E-state index is 0.132. The molecule has 0 radical (unpaired) electrons. The van der Waals surface area contributed by atoms with Crippen molar-refractivity contribution in [1.82, 2.24) is 14.9 Å². The molecule has 1 saturated carbocycles. The molecule has 2 fully saturated rings. The second-order valence-corrected chi connectivity index (χ2v) is 9.61. The molecular formula is C21H33N5O2. The van der Waals surface area contributed by atoms with Gasteiger partial charge in [0.1, 0.15) is 11.4 Å². The highest BCUT2D eigenvalue weighted by molar-refractivity contribution is 5.69. The first-order valence-electron chi connectivity index (χ1n) is 10.6. The second kappa shape index (κ2) is 7.08. The summed E-state index contributed by atoms with van der Waals surface area (Å²) in [7, 11) is 1.81. The highest BCUT2D eigenvalue weighted by Gasteiger charge is 2.39. The molecule has 0 spiro atoms. The number of anilines is 2. The van der Waals surface area contributed by atoms with Gasteiger partial charge in [-0.25, -0.2) is 9.78 Å². The maximum Gasteiger partial charge on any atom is 0.410 e. The van der Waals surface area contributed by atoms with Crippen LogP contribution in [0.15, 0.2) is 0 Å². The van der Waals surface area contributed by atoms with Crippen LogP contribution in [0.25, 0.3) is 0 Å². The van der Waals surface area contributed by atoms with Crippen molar-refractivity contribution in [2.24, 2.45) is 5.92 Å². The van der Waals surface area contributed by atoms with Gasteiger partial charge < -0.3 is 20.3 Å². The zero-order valence-corrected chi connectivity index (χ0v) is 17.6. The fraction of sp³-hybridized carbons (Fsp3) is 0.762. The van der Waals surface area contributed by atoms with Crippen LogP contribution >= 0.6 is 0 Å². The van der Waals surface area contributed by atoms with E-state index in [1.807, 2.05) is 27.8 Å². The molecule has 4 rings (SSSR count). The van der Waals surface area contributed by atoms with Crippen LogP contribution in [-0.2, 0) is 11.2 Å². The van der Waals surface area contributed by atoms with E-state index in [-0.39, 0.29) is 12.1 Å². The molecule has 0 bridgehead atoms. The van der Waals surface area contributed by atoms with Gasteiger partial charge in [-0.1, -0.05) is 12.8 Å². The standard InChI is InChI=1S/C21H33N5O2/c1-21(2,3)28-20(27)25(4)14-11-26(12-14)18-16-10-9-13-7-5-6-8-15(13)17(16)23-19(22)24-18/h13-15H,5-12H2,1-4H3,(H2,22,23,24). The van der Waals surface area contributed by atoms with Gasteiger partial charge in [0.15, 0.2) is 0 Å². The van der Waals surface area contributed by atoms with E-state index in [4.69, 9.17) is 10.5 Å². The molecule has 154 valence electrons. The van der Waals surface area contributed by atoms with Crippen molar-refractivity contribution in [1.29, 1.82) is 0 Å². The van der Waals surface area contributed by atoms with Crippen LogP contribution in [0.1, 0.15) is 70.1 Å². The van der Waals surface area contributed by atoms with Crippen molar-refractivity contribution < 1.29 is 9.53 Å². The average molecular weight is 388 g/mol. The van der Waals surface area contributed by atoms with Crippen molar-refractivity contribution in [2.45, 2.75) is 76.9 Å². The van der Waals surface area contributed by atoms with Gasteiger partial charge in [-0.05, 0) is 52.4 Å². The molecule has 1 aliphatic heterocycles. The first-order chi connectivity index (χ1) is 13.2. The summed E-state index contributed by atoms with van der Waals surface area (Å²) in [5.41, 5.74) is 8.10. The minimum Gasteiger partial charge on any atom is -0.444 e. The Balaban J connectivity index is 1.48. The summed E-state index contributed by atoms with van der Waals surface area (Å²) in [5, 5.41) is 0. The first kappa shape index (κ1) is 19.3. The molecule has 1 aromatic rings. The minimum atomic E-state index is -0.481. The number of aromatic nitrogens is 2. The highest BCUT2D eigenvalue weighted by Crippen LogP contribution is 2.46. The van der Waals surface area contributed by atoms with Crippen LogP contribution in [0.4, 0.5) is 16.6 Å². The Kier molecular flexibility index (Phi) is 4.88. The third-order valence-corrected chi connectivity index (χ3v) is 6.45. The van der Waals surface area contributed by atoms with Gasteiger partial charge in [-0.15, -0.1) is 0 Å². The third kappa shape index (κ3) is 3.63. The maximum atomic E-state index is 12.3. The Bertz CT molecular complexity index is 754. The summed E-state index contributed by atoms with van der Waals surface area (Å²) in [6.45, 7) is 7.18. The summed E-state index contributed by atoms with van der Waals surface area (Å²) >= 11 is 0. The predicted octanol–water partition coefficient (Wildman–Crippen LogP) is 3.33. The number of ether oxygens (including phenoxy) is 1. The third-order valence-electron chi connectivity index (χ3n) is 6.45. The molecule has 2 aliphatic carbocycles. The van der Waals surface area contributed by atoms with Crippen LogP contribution in [0, 0.1) is 5.92 Å². The highest BCUT2D eigenvalue weighted by atomic mass is 16.6. The van der Waals surface area contributed by atoms with Crippen molar-refractivity contribution in [3.63, 3.8) is 0 Å². The van der Waals surface area contributed by atoms with Crippen molar-refractivity contribution in [3.05, 3.63) is 11.3 Å². The molecule has 1 amide bonds. The molecule has 2 unspecified atom stereocenters. The Hall–Kier alpha value is -2.05. The number of likely N-dealkylation sites (N-methyl/N-ethyl adjacent to an activating group) is 1. The van der Waals surface area contributed by atoms with E-state index < -0.39 is 5.60 Å². The molecule has 1 saturated heterocycles. The summed E-state index contributed by atoms with van der Waals surface area (Å²) < 4.78 is 5.49. The number of rotatable bonds is 2. The Morgan fingerprint density at radius 1 is 1.18 bits per heavy atom. The number of carbonyl (C=O) groups excluding carboxylic acids is 1. The molecular weight excluding hydrogens is 354 g/mol. The van der Waals surface area contributed by atoms with E-state index in [2.05, 4.69) is 14.9 Å². The number of hydrogen-bond donors (Lipinski definition) is 1. The molecule has 7 nitrogen and oxygen atoms in total. The van der Waals surface area contributed by atoms with Crippen molar-refractivity contribution >= 4 is 17.9 Å². The lowest BCUT2D eigenvalue weighted by Crippen LogP contribution is -2.61. The van der Waals surface area contributed by atoms with Gasteiger partial charge in [0.2, 0.25) is 5.95 Å². The Labute approximate surface area is 167 Å². The van der Waals surface area contributed by atoms with Crippen LogP contribution in [0.2, 0.25) is 0 Å². The molecule has 28 heavy (non-hydrogen) atoms. The number of nitrogen functional groups attached to an aromatic ring is 1. The summed E-state index contributed by atoms with van der Waals surface area (Å²) in [5.74, 6) is 2.66. The lowest BCUT2D eigenvalue weighted by atomic mass is 9.70. The number of fused-ring (bicyclic) bond motifs is 3. The molecule has 7 heteroatoms. The summed E-state index contributed by atoms with van der Waals surface area (Å²) in [6.07, 6.45) is 7.16. The number of nitrogens with two attached hydrogens (primary N) is 1. The number of nitrogens with zero attached hydrogens (tertiary/aromatic N) is 4. The fourth-order valence-corrected chi connectivity index (χ4v) is 4.91. The predicted molar refractivity (Wildman–Crippen MR) is 109 cm³/mol. The average Bonchev–Trinajstić information content (AvgIpc) is 2.58. The van der Waals surface area contributed by atoms with Crippen molar-refractivity contribution in [2.75, 3.05) is 30.8 Å². The van der Waals surface area contributed by atoms with Gasteiger partial charge in [0.05, 0.1) is 11.7 Å². The van der Waals surface area contributed by atoms with E-state index in [1.54, 1.807) is 4.90 Å². The zero-order valence-electron chi connectivity index (χ0n) is 17.6. The number of amides is 1. The monoisotopic (exact) mass is 387 g/mol. The number of carbonyl (C=O) groups is 1. The van der Waals surface area contributed by atoms with Gasteiger partial charge in [-0.3, -0.25) is 0 Å². The van der Waals surface area contributed by atoms with Crippen LogP contribution in [-0.4, -0.2) is 52.7 Å². The smallest absolute Gasteiger partial charge is 0.410 e. The largest absolute Gasteiger partial charge is 0.444 e. The lowest BCUT2D eigenvalue weighted by molar-refractivity contribution is 0.0196. The van der Waals surface area contributed by atoms with Gasteiger partial charge >= 0.3 is 6.09 Å². The quantitative estimate of drug-likeness (QED) is 0.838. The lowest BCUT2D eigenvalue weighted by Gasteiger charge is -2.46. The first-order valence-corrected chi connectivity index (χ1v) is 10.6. The SMILES string of the molecule is CN(C(=O)OC(C)(C)C)C1CN(c2nc(N)nc3c2CCC2CCCCC32)C1. The van der Waals surface area contributed by atoms with Crippen LogP contribution in [0.5, 0.6) is 0 Å². The second-order valence-electron chi connectivity index (χ2n) is 9.61. The molecule has 1 aromatic heterocycles. The van der Waals surface area contributed by atoms with E-state index in [0.717, 1.165) is 31.2 Å². The topological polar surface area (TPSA) is 84.6 Å². The summed E-state index contributed by atoms with van der Waals surface area (Å²) in [6, 6.07) is 0.132. The molecule has 2 N–H and O–H groups in total. The molecule has 0 aromatic carbocycles. The molecule has 3 aliphatic rings. The fourth-order valence-electron chi connectivity index (χ4n) is 4.91. The van der Waals surface area contributed by atoms with E-state index in [9.17, 15) is 4.79 Å². The Morgan fingerprint density at radius 3 is 2.61 bits per heavy atom. The van der Waals surface area contributed by atoms with Crippen molar-refractivity contribution in [3.8, 4) is 0 Å². The van der Waals surface area contributed by atoms with E-state index in [1.165, 1.54) is 43.4 Å². The van der Waals surface area contributed by atoms with Crippen LogP contribution in [0.3, 0.4) is 0 Å². The Morgan fingerprint density at radius 2 is 1.89 bits per heavy atom. The maximum absolute atomic E-state index is 12.3. The van der Waals surface area contributed by atoms with Gasteiger partial charge in [0, 0.05) is 31.6 Å².